The smallest absolute Gasteiger partial charge is 0.140 e. The molecular weight excluding hydrogens is 211 g/mol. The highest BCUT2D eigenvalue weighted by Gasteiger charge is 2.26. The van der Waals surface area contributed by atoms with E-state index in [1.807, 2.05) is 0 Å². The van der Waals surface area contributed by atoms with Crippen molar-refractivity contribution in [3.63, 3.8) is 0 Å². The van der Waals surface area contributed by atoms with Gasteiger partial charge in [-0.25, -0.2) is 0 Å². The van der Waals surface area contributed by atoms with Gasteiger partial charge in [0.25, 0.3) is 6.69 Å². The van der Waals surface area contributed by atoms with Gasteiger partial charge >= 0.3 is 0 Å². The van der Waals surface area contributed by atoms with E-state index in [0.717, 1.165) is 6.04 Å². The Morgan fingerprint density at radius 1 is 1.18 bits per heavy atom. The van der Waals surface area contributed by atoms with E-state index in [1.165, 1.54) is 6.04 Å². The predicted octanol–water partition coefficient (Wildman–Crippen LogP) is 3.97. The van der Waals surface area contributed by atoms with Crippen LogP contribution in [0.1, 0.15) is 0 Å². The van der Waals surface area contributed by atoms with Gasteiger partial charge in [0.15, 0.2) is 0 Å². The fourth-order valence-electron chi connectivity index (χ4n) is 0.644. The molecule has 0 aliphatic heterocycles. The molecule has 0 heterocycles. The molecule has 0 bridgehead atoms. The quantitative estimate of drug-likeness (QED) is 0.503. The van der Waals surface area contributed by atoms with E-state index in [-0.39, 0.29) is 0 Å². The van der Waals surface area contributed by atoms with Gasteiger partial charge < -0.3 is 0 Å². The second-order valence-electron chi connectivity index (χ2n) is 4.03. The lowest BCUT2D eigenvalue weighted by Gasteiger charge is -2.19. The highest BCUT2D eigenvalue weighted by atomic mass is 35.7. The molecule has 66 valence electrons. The summed E-state index contributed by atoms with van der Waals surface area (Å²) in [5.74, 6) is 0. The highest BCUT2D eigenvalue weighted by molar-refractivity contribution is 7.47. The van der Waals surface area contributed by atoms with Crippen molar-refractivity contribution in [1.29, 1.82) is 0 Å². The van der Waals surface area contributed by atoms with Crippen LogP contribution in [0.3, 0.4) is 0 Å². The maximum atomic E-state index is 6.04. The molecule has 0 radical (unpaired) electrons. The van der Waals surface area contributed by atoms with E-state index in [0.29, 0.717) is 0 Å². The van der Waals surface area contributed by atoms with E-state index < -0.39 is 14.8 Å². The van der Waals surface area contributed by atoms with Gasteiger partial charge in [-0.1, -0.05) is 31.4 Å². The van der Waals surface area contributed by atoms with Crippen molar-refractivity contribution < 1.29 is 0 Å². The molecule has 11 heavy (non-hydrogen) atoms. The van der Waals surface area contributed by atoms with Crippen LogP contribution in [0.2, 0.25) is 31.7 Å². The average Bonchev–Trinajstić information content (AvgIpc) is 1.83. The van der Waals surface area contributed by atoms with Crippen LogP contribution >= 0.6 is 22.2 Å². The van der Waals surface area contributed by atoms with Crippen molar-refractivity contribution in [3.8, 4) is 0 Å². The van der Waals surface area contributed by atoms with Crippen molar-refractivity contribution >= 4 is 36.9 Å². The maximum absolute atomic E-state index is 6.04. The number of hydrogen-bond donors (Lipinski definition) is 0. The minimum Gasteiger partial charge on any atom is -0.140 e. The average molecular weight is 227 g/mol. The fraction of sp³-hybridized carbons (Fsp3) is 0.714. The zero-order chi connectivity index (χ0) is 9.12. The Morgan fingerprint density at radius 3 is 1.91 bits per heavy atom. The molecule has 0 spiro atoms. The Hall–Kier alpha value is 0.754. The second-order valence-corrected chi connectivity index (χ2v) is 16.7. The number of hydrogen-bond acceptors (Lipinski definition) is 0. The Balaban J connectivity index is 3.79. The third-order valence-corrected chi connectivity index (χ3v) is 7.33. The van der Waals surface area contributed by atoms with Crippen molar-refractivity contribution in [3.05, 3.63) is 12.3 Å². The zero-order valence-electron chi connectivity index (χ0n) is 7.45. The first-order valence-electron chi connectivity index (χ1n) is 3.78. The SMILES string of the molecule is C=C[Si](Cl)(Cl)CC[Si](C)(C)C. The fourth-order valence-corrected chi connectivity index (χ4v) is 6.88. The summed E-state index contributed by atoms with van der Waals surface area (Å²) < 4.78 is 0. The van der Waals surface area contributed by atoms with Gasteiger partial charge in [-0.05, 0) is 6.04 Å². The predicted molar refractivity (Wildman–Crippen MR) is 60.6 cm³/mol. The van der Waals surface area contributed by atoms with Crippen LogP contribution < -0.4 is 0 Å². The van der Waals surface area contributed by atoms with Crippen molar-refractivity contribution in [2.24, 2.45) is 0 Å². The highest BCUT2D eigenvalue weighted by Crippen LogP contribution is 2.27. The van der Waals surface area contributed by atoms with Gasteiger partial charge in [0.05, 0.1) is 0 Å². The van der Waals surface area contributed by atoms with E-state index in [2.05, 4.69) is 26.2 Å². The Bertz CT molecular complexity index is 138. The third kappa shape index (κ3) is 7.13. The van der Waals surface area contributed by atoms with Crippen LogP contribution in [0.15, 0.2) is 12.3 Å². The largest absolute Gasteiger partial charge is 0.273 e. The summed E-state index contributed by atoms with van der Waals surface area (Å²) in [5.41, 5.74) is 1.75. The maximum Gasteiger partial charge on any atom is 0.273 e. The van der Waals surface area contributed by atoms with Crippen LogP contribution in [-0.2, 0) is 0 Å². The lowest BCUT2D eigenvalue weighted by Crippen LogP contribution is -2.25. The summed E-state index contributed by atoms with van der Waals surface area (Å²) in [6.45, 7) is 8.59. The summed E-state index contributed by atoms with van der Waals surface area (Å²) in [5, 5.41) is 0. The Kier molecular flexibility index (Phi) is 4.40. The molecule has 0 aromatic heterocycles. The molecule has 0 unspecified atom stereocenters. The monoisotopic (exact) mass is 226 g/mol. The summed E-state index contributed by atoms with van der Waals surface area (Å²) in [6.07, 6.45) is 0. The first kappa shape index (κ1) is 11.8. The van der Waals surface area contributed by atoms with Crippen LogP contribution in [0.4, 0.5) is 0 Å². The van der Waals surface area contributed by atoms with Crippen molar-refractivity contribution in [2.45, 2.75) is 31.7 Å². The molecule has 0 saturated heterocycles. The van der Waals surface area contributed by atoms with Gasteiger partial charge in [0.2, 0.25) is 0 Å². The minimum atomic E-state index is -2.04. The van der Waals surface area contributed by atoms with Gasteiger partial charge in [0.1, 0.15) is 0 Å². The lowest BCUT2D eigenvalue weighted by molar-refractivity contribution is 1.32. The first-order chi connectivity index (χ1) is 4.77. The molecule has 0 atom stereocenters. The molecule has 0 saturated carbocycles. The third-order valence-electron chi connectivity index (χ3n) is 1.51. The first-order valence-corrected chi connectivity index (χ1v) is 11.8. The Labute approximate surface area is 81.0 Å². The minimum absolute atomic E-state index is 0.965. The standard InChI is InChI=1S/C7H16Cl2Si2/c1-5-11(8,9)7-6-10(2,3)4/h5H,1,6-7H2,2-4H3. The zero-order valence-corrected chi connectivity index (χ0v) is 11.0. The van der Waals surface area contributed by atoms with E-state index >= 15 is 0 Å². The lowest BCUT2D eigenvalue weighted by atomic mass is 10.9. The molecule has 0 rings (SSSR count). The van der Waals surface area contributed by atoms with Gasteiger partial charge in [-0.3, -0.25) is 0 Å². The van der Waals surface area contributed by atoms with E-state index in [4.69, 9.17) is 22.2 Å². The van der Waals surface area contributed by atoms with E-state index in [1.54, 1.807) is 5.70 Å². The molecule has 0 amide bonds. The molecule has 4 heteroatoms. The van der Waals surface area contributed by atoms with Crippen molar-refractivity contribution in [2.75, 3.05) is 0 Å². The van der Waals surface area contributed by atoms with Gasteiger partial charge in [-0.2, -0.15) is 0 Å². The molecular formula is C7H16Cl2Si2. The van der Waals surface area contributed by atoms with Gasteiger partial charge in [-0.15, -0.1) is 28.7 Å². The summed E-state index contributed by atoms with van der Waals surface area (Å²) in [6, 6.07) is 2.17. The van der Waals surface area contributed by atoms with Crippen LogP contribution in [0, 0.1) is 0 Å². The molecule has 0 aliphatic carbocycles. The van der Waals surface area contributed by atoms with Crippen LogP contribution in [-0.4, -0.2) is 14.8 Å². The topological polar surface area (TPSA) is 0 Å². The summed E-state index contributed by atoms with van der Waals surface area (Å²) in [7, 11) is -0.965. The summed E-state index contributed by atoms with van der Waals surface area (Å²) in [4.78, 5) is 0. The molecule has 0 fully saturated rings. The molecule has 0 aromatic carbocycles. The van der Waals surface area contributed by atoms with Crippen molar-refractivity contribution in [1.82, 2.24) is 0 Å². The van der Waals surface area contributed by atoms with Gasteiger partial charge in [0, 0.05) is 8.07 Å². The number of halogens is 2. The molecule has 0 aliphatic rings. The number of rotatable bonds is 4. The molecule has 0 aromatic rings. The molecule has 0 N–H and O–H groups in total. The van der Waals surface area contributed by atoms with E-state index in [9.17, 15) is 0 Å². The van der Waals surface area contributed by atoms with Crippen LogP contribution in [0.25, 0.3) is 0 Å². The molecule has 0 nitrogen and oxygen atoms in total. The summed E-state index contributed by atoms with van der Waals surface area (Å²) >= 11 is 12.1. The van der Waals surface area contributed by atoms with Crippen LogP contribution in [0.5, 0.6) is 0 Å². The normalized spacial score (nSPS) is 13.2. The Morgan fingerprint density at radius 2 is 1.64 bits per heavy atom. The second kappa shape index (κ2) is 4.12.